The molecule has 0 spiro atoms. The quantitative estimate of drug-likeness (QED) is 0.447. The smallest absolute Gasteiger partial charge is 0.226 e. The summed E-state index contributed by atoms with van der Waals surface area (Å²) >= 11 is 6.15. The van der Waals surface area contributed by atoms with Gasteiger partial charge in [-0.2, -0.15) is 10.1 Å². The topological polar surface area (TPSA) is 52.0 Å². The van der Waals surface area contributed by atoms with E-state index < -0.39 is 6.10 Å². The first kappa shape index (κ1) is 18.2. The zero-order valence-electron chi connectivity index (χ0n) is 16.2. The van der Waals surface area contributed by atoms with Gasteiger partial charge in [0.15, 0.2) is 0 Å². The second-order valence-electron chi connectivity index (χ2n) is 7.48. The lowest BCUT2D eigenvalue weighted by Crippen LogP contribution is -2.32. The molecule has 0 aliphatic carbocycles. The number of rotatable bonds is 2. The molecule has 2 aliphatic rings. The molecule has 0 saturated heterocycles. The Hall–Kier alpha value is -3.64. The summed E-state index contributed by atoms with van der Waals surface area (Å²) in [7, 11) is 0. The van der Waals surface area contributed by atoms with Crippen LogP contribution in [0.15, 0.2) is 84.7 Å². The Morgan fingerprint density at radius 2 is 1.68 bits per heavy atom. The fourth-order valence-corrected chi connectivity index (χ4v) is 4.42. The van der Waals surface area contributed by atoms with Crippen LogP contribution in [0.5, 0.6) is 5.75 Å². The molecule has 7 heteroatoms. The maximum atomic E-state index is 13.7. The van der Waals surface area contributed by atoms with Gasteiger partial charge >= 0.3 is 0 Å². The van der Waals surface area contributed by atoms with Gasteiger partial charge in [0.05, 0.1) is 5.70 Å². The summed E-state index contributed by atoms with van der Waals surface area (Å²) in [6.07, 6.45) is 1.10. The van der Waals surface area contributed by atoms with E-state index in [1.54, 1.807) is 12.1 Å². The van der Waals surface area contributed by atoms with Crippen LogP contribution in [0.3, 0.4) is 0 Å². The van der Waals surface area contributed by atoms with Crippen LogP contribution in [0, 0.1) is 5.82 Å². The molecule has 1 aromatic heterocycles. The van der Waals surface area contributed by atoms with Crippen LogP contribution in [0.25, 0.3) is 5.70 Å². The molecule has 5 nitrogen and oxygen atoms in total. The third-order valence-electron chi connectivity index (χ3n) is 5.68. The maximum Gasteiger partial charge on any atom is 0.226 e. The molecule has 0 radical (unpaired) electrons. The summed E-state index contributed by atoms with van der Waals surface area (Å²) in [5.74, 6) is 1.11. The fourth-order valence-electron chi connectivity index (χ4n) is 4.30. The van der Waals surface area contributed by atoms with Gasteiger partial charge in [0.2, 0.25) is 5.95 Å². The van der Waals surface area contributed by atoms with Crippen molar-refractivity contribution >= 4 is 23.2 Å². The van der Waals surface area contributed by atoms with Crippen molar-refractivity contribution in [1.29, 1.82) is 0 Å². The highest BCUT2D eigenvalue weighted by Gasteiger charge is 2.40. The third kappa shape index (κ3) is 2.91. The van der Waals surface area contributed by atoms with Crippen LogP contribution in [-0.2, 0) is 0 Å². The highest BCUT2D eigenvalue weighted by molar-refractivity contribution is 6.30. The Balaban J connectivity index is 1.62. The van der Waals surface area contributed by atoms with E-state index in [9.17, 15) is 4.39 Å². The minimum absolute atomic E-state index is 0.269. The van der Waals surface area contributed by atoms with E-state index >= 15 is 0 Å². The maximum absolute atomic E-state index is 13.7. The fraction of sp³-hybridized carbons (Fsp3) is 0.0833. The molecule has 0 bridgehead atoms. The predicted octanol–water partition coefficient (Wildman–Crippen LogP) is 5.63. The van der Waals surface area contributed by atoms with Gasteiger partial charge in [0.1, 0.15) is 30.0 Å². The van der Waals surface area contributed by atoms with Crippen LogP contribution >= 0.6 is 11.6 Å². The Morgan fingerprint density at radius 1 is 0.935 bits per heavy atom. The minimum atomic E-state index is -0.434. The summed E-state index contributed by atoms with van der Waals surface area (Å²) in [5, 5.41) is 8.59. The number of benzene rings is 3. The molecule has 4 aromatic rings. The third-order valence-corrected chi connectivity index (χ3v) is 5.93. The van der Waals surface area contributed by atoms with Crippen molar-refractivity contribution in [1.82, 2.24) is 14.8 Å². The van der Waals surface area contributed by atoms with E-state index in [0.717, 1.165) is 33.7 Å². The Bertz CT molecular complexity index is 1310. The molecule has 31 heavy (non-hydrogen) atoms. The molecule has 2 aliphatic heterocycles. The number of halogens is 2. The zero-order chi connectivity index (χ0) is 20.9. The first-order chi connectivity index (χ1) is 15.2. The van der Waals surface area contributed by atoms with Crippen molar-refractivity contribution in [2.75, 3.05) is 5.32 Å². The van der Waals surface area contributed by atoms with E-state index in [2.05, 4.69) is 15.4 Å². The minimum Gasteiger partial charge on any atom is -0.480 e. The van der Waals surface area contributed by atoms with Gasteiger partial charge in [-0.3, -0.25) is 0 Å². The second-order valence-corrected chi connectivity index (χ2v) is 7.92. The Morgan fingerprint density at radius 3 is 2.48 bits per heavy atom. The van der Waals surface area contributed by atoms with Crippen LogP contribution in [-0.4, -0.2) is 14.8 Å². The number of nitrogens with one attached hydrogen (secondary N) is 1. The van der Waals surface area contributed by atoms with E-state index in [1.165, 1.54) is 18.5 Å². The lowest BCUT2D eigenvalue weighted by atomic mass is 9.84. The molecule has 2 atom stereocenters. The van der Waals surface area contributed by atoms with Crippen molar-refractivity contribution in [2.24, 2.45) is 0 Å². The summed E-state index contributed by atoms with van der Waals surface area (Å²) in [4.78, 5) is 4.41. The molecule has 0 fully saturated rings. The summed E-state index contributed by atoms with van der Waals surface area (Å²) in [6, 6.07) is 21.7. The molecular weight excluding hydrogens is 415 g/mol. The number of anilines is 1. The summed E-state index contributed by atoms with van der Waals surface area (Å²) in [5.41, 5.74) is 4.71. The zero-order valence-corrected chi connectivity index (χ0v) is 16.9. The number of hydrogen-bond donors (Lipinski definition) is 1. The lowest BCUT2D eigenvalue weighted by molar-refractivity contribution is 0.223. The lowest BCUT2D eigenvalue weighted by Gasteiger charge is -2.39. The van der Waals surface area contributed by atoms with E-state index in [0.29, 0.717) is 11.0 Å². The molecule has 0 saturated carbocycles. The first-order valence-electron chi connectivity index (χ1n) is 9.86. The summed E-state index contributed by atoms with van der Waals surface area (Å²) < 4.78 is 22.0. The van der Waals surface area contributed by atoms with Gasteiger partial charge in [-0.25, -0.2) is 9.07 Å². The number of aromatic nitrogens is 3. The molecule has 3 heterocycles. The van der Waals surface area contributed by atoms with E-state index in [-0.39, 0.29) is 11.9 Å². The van der Waals surface area contributed by atoms with Crippen LogP contribution in [0.1, 0.15) is 28.8 Å². The molecular formula is C24H16ClFN4O. The molecule has 1 N–H and O–H groups in total. The van der Waals surface area contributed by atoms with Gasteiger partial charge in [-0.1, -0.05) is 48.0 Å². The number of para-hydroxylation sites is 1. The second kappa shape index (κ2) is 6.96. The number of ether oxygens (including phenoxy) is 1. The number of fused-ring (bicyclic) bond motifs is 3. The average molecular weight is 431 g/mol. The monoisotopic (exact) mass is 430 g/mol. The number of nitrogens with zero attached hydrogens (tertiary/aromatic N) is 3. The standard InChI is InChI=1S/C24H16ClFN4O/c25-16-9-5-14(6-10-16)22-20-21(29-24-27-13-28-30(22)24)18-3-1-2-4-19(18)31-23(20)15-7-11-17(26)12-8-15/h1-13,22-23H,(H,27,28,29)/t22-,23-/m1/s1. The molecule has 0 unspecified atom stereocenters. The highest BCUT2D eigenvalue weighted by Crippen LogP contribution is 2.50. The van der Waals surface area contributed by atoms with Crippen molar-refractivity contribution < 1.29 is 9.13 Å². The van der Waals surface area contributed by atoms with Crippen LogP contribution in [0.4, 0.5) is 10.3 Å². The molecule has 3 aromatic carbocycles. The SMILES string of the molecule is Fc1ccc([C@H]2Oc3ccccc3C3=C2[C@@H](c2ccc(Cl)cc2)n2ncnc2N3)cc1. The van der Waals surface area contributed by atoms with Gasteiger partial charge < -0.3 is 10.1 Å². The summed E-state index contributed by atoms with van der Waals surface area (Å²) in [6.45, 7) is 0. The molecule has 0 amide bonds. The Labute approximate surface area is 182 Å². The van der Waals surface area contributed by atoms with Crippen molar-refractivity contribution in [3.63, 3.8) is 0 Å². The highest BCUT2D eigenvalue weighted by atomic mass is 35.5. The van der Waals surface area contributed by atoms with Crippen molar-refractivity contribution in [2.45, 2.75) is 12.1 Å². The van der Waals surface area contributed by atoms with Crippen LogP contribution < -0.4 is 10.1 Å². The van der Waals surface area contributed by atoms with Gasteiger partial charge in [-0.05, 0) is 47.5 Å². The average Bonchev–Trinajstić information content (AvgIpc) is 3.27. The first-order valence-corrected chi connectivity index (χ1v) is 10.2. The number of hydrogen-bond acceptors (Lipinski definition) is 4. The van der Waals surface area contributed by atoms with E-state index in [1.807, 2.05) is 53.2 Å². The normalized spacial score (nSPS) is 19.0. The van der Waals surface area contributed by atoms with E-state index in [4.69, 9.17) is 16.3 Å². The van der Waals surface area contributed by atoms with Crippen molar-refractivity contribution in [3.8, 4) is 5.75 Å². The molecule has 152 valence electrons. The Kier molecular flexibility index (Phi) is 4.07. The van der Waals surface area contributed by atoms with Gasteiger partial charge in [0, 0.05) is 16.2 Å². The largest absolute Gasteiger partial charge is 0.480 e. The van der Waals surface area contributed by atoms with Gasteiger partial charge in [0.25, 0.3) is 0 Å². The predicted molar refractivity (Wildman–Crippen MR) is 116 cm³/mol. The van der Waals surface area contributed by atoms with Crippen molar-refractivity contribution in [3.05, 3.63) is 112 Å². The van der Waals surface area contributed by atoms with Crippen LogP contribution in [0.2, 0.25) is 5.02 Å². The van der Waals surface area contributed by atoms with Gasteiger partial charge in [-0.15, -0.1) is 0 Å². The molecule has 6 rings (SSSR count).